The van der Waals surface area contributed by atoms with E-state index in [4.69, 9.17) is 4.52 Å². The van der Waals surface area contributed by atoms with Gasteiger partial charge in [0.05, 0.1) is 5.69 Å². The molecule has 0 saturated heterocycles. The number of aromatic nitrogens is 4. The average molecular weight is 383 g/mol. The number of thiazole rings is 1. The van der Waals surface area contributed by atoms with Gasteiger partial charge in [-0.05, 0) is 23.6 Å². The molecule has 0 saturated carbocycles. The zero-order valence-electron chi connectivity index (χ0n) is 13.5. The van der Waals surface area contributed by atoms with Gasteiger partial charge in [0, 0.05) is 47.1 Å². The fourth-order valence-electron chi connectivity index (χ4n) is 2.25. The Kier molecular flexibility index (Phi) is 4.80. The Bertz CT molecular complexity index is 995. The molecule has 130 valence electrons. The van der Waals surface area contributed by atoms with Crippen molar-refractivity contribution in [3.05, 3.63) is 52.6 Å². The first kappa shape index (κ1) is 16.6. The summed E-state index contributed by atoms with van der Waals surface area (Å²) in [5.74, 6) is 0.839. The second kappa shape index (κ2) is 7.54. The van der Waals surface area contributed by atoms with Gasteiger partial charge in [-0.3, -0.25) is 9.78 Å². The van der Waals surface area contributed by atoms with Crippen LogP contribution >= 0.6 is 22.7 Å². The van der Waals surface area contributed by atoms with Gasteiger partial charge >= 0.3 is 0 Å². The molecule has 0 spiro atoms. The van der Waals surface area contributed by atoms with Crippen molar-refractivity contribution in [2.45, 2.75) is 12.8 Å². The van der Waals surface area contributed by atoms with Gasteiger partial charge in [0.15, 0.2) is 5.13 Å². The predicted octanol–water partition coefficient (Wildman–Crippen LogP) is 3.89. The first-order valence-electron chi connectivity index (χ1n) is 7.79. The van der Waals surface area contributed by atoms with Crippen molar-refractivity contribution in [1.29, 1.82) is 0 Å². The lowest BCUT2D eigenvalue weighted by Crippen LogP contribution is -2.12. The molecule has 4 rings (SSSR count). The Morgan fingerprint density at radius 2 is 2.15 bits per heavy atom. The molecule has 9 heteroatoms. The van der Waals surface area contributed by atoms with Gasteiger partial charge in [0.2, 0.25) is 17.6 Å². The summed E-state index contributed by atoms with van der Waals surface area (Å²) in [5, 5.41) is 13.1. The molecule has 26 heavy (non-hydrogen) atoms. The molecular formula is C17H13N5O2S2. The minimum Gasteiger partial charge on any atom is -0.339 e. The quantitative estimate of drug-likeness (QED) is 0.543. The number of amides is 1. The topological polar surface area (TPSA) is 93.8 Å². The van der Waals surface area contributed by atoms with Crippen molar-refractivity contribution in [3.8, 4) is 22.6 Å². The number of carbonyl (C=O) groups excluding carboxylic acids is 1. The van der Waals surface area contributed by atoms with Gasteiger partial charge in [-0.1, -0.05) is 5.16 Å². The number of nitrogens with zero attached hydrogens (tertiary/aromatic N) is 4. The van der Waals surface area contributed by atoms with E-state index in [1.165, 1.54) is 11.3 Å². The van der Waals surface area contributed by atoms with Crippen LogP contribution in [0.3, 0.4) is 0 Å². The van der Waals surface area contributed by atoms with Gasteiger partial charge in [-0.25, -0.2) is 4.98 Å². The van der Waals surface area contributed by atoms with Crippen LogP contribution in [0.25, 0.3) is 22.6 Å². The molecule has 0 unspecified atom stereocenters. The molecule has 0 aromatic carbocycles. The van der Waals surface area contributed by atoms with Crippen molar-refractivity contribution < 1.29 is 9.32 Å². The lowest BCUT2D eigenvalue weighted by atomic mass is 10.2. The van der Waals surface area contributed by atoms with E-state index < -0.39 is 0 Å². The van der Waals surface area contributed by atoms with Crippen molar-refractivity contribution >= 4 is 33.7 Å². The van der Waals surface area contributed by atoms with Gasteiger partial charge in [0.1, 0.15) is 0 Å². The summed E-state index contributed by atoms with van der Waals surface area (Å²) in [4.78, 5) is 24.9. The summed E-state index contributed by atoms with van der Waals surface area (Å²) in [6, 6.07) is 5.70. The Morgan fingerprint density at radius 3 is 2.96 bits per heavy atom. The van der Waals surface area contributed by atoms with E-state index in [-0.39, 0.29) is 12.3 Å². The molecule has 1 N–H and O–H groups in total. The number of thiophene rings is 1. The van der Waals surface area contributed by atoms with Crippen LogP contribution in [0.1, 0.15) is 12.3 Å². The van der Waals surface area contributed by atoms with Crippen LogP contribution in [0.4, 0.5) is 5.13 Å². The molecule has 4 heterocycles. The number of aryl methyl sites for hydroxylation is 1. The second-order valence-electron chi connectivity index (χ2n) is 5.35. The molecule has 0 bridgehead atoms. The smallest absolute Gasteiger partial charge is 0.227 e. The Labute approximate surface area is 156 Å². The number of nitrogens with one attached hydrogen (secondary N) is 1. The van der Waals surface area contributed by atoms with Crippen molar-refractivity contribution in [3.63, 3.8) is 0 Å². The van der Waals surface area contributed by atoms with Crippen LogP contribution in [0.2, 0.25) is 0 Å². The third-order valence-electron chi connectivity index (χ3n) is 3.52. The normalized spacial score (nSPS) is 10.8. The van der Waals surface area contributed by atoms with Crippen molar-refractivity contribution in [1.82, 2.24) is 20.1 Å². The Hall–Kier alpha value is -2.91. The number of carbonyl (C=O) groups is 1. The molecule has 4 aromatic rings. The molecule has 0 radical (unpaired) electrons. The summed E-state index contributed by atoms with van der Waals surface area (Å²) < 4.78 is 5.19. The molecule has 0 atom stereocenters. The van der Waals surface area contributed by atoms with Gasteiger partial charge in [-0.15, -0.1) is 11.3 Å². The Balaban J connectivity index is 1.33. The molecule has 4 aromatic heterocycles. The minimum absolute atomic E-state index is 0.146. The summed E-state index contributed by atoms with van der Waals surface area (Å²) in [6.07, 6.45) is 4.07. The van der Waals surface area contributed by atoms with Crippen LogP contribution < -0.4 is 5.32 Å². The number of anilines is 1. The highest BCUT2D eigenvalue weighted by Gasteiger charge is 2.12. The summed E-state index contributed by atoms with van der Waals surface area (Å²) in [6.45, 7) is 0. The van der Waals surface area contributed by atoms with Gasteiger partial charge < -0.3 is 9.84 Å². The zero-order chi connectivity index (χ0) is 17.8. The highest BCUT2D eigenvalue weighted by atomic mass is 32.1. The third-order valence-corrected chi connectivity index (χ3v) is 4.96. The monoisotopic (exact) mass is 383 g/mol. The molecule has 7 nitrogen and oxygen atoms in total. The largest absolute Gasteiger partial charge is 0.339 e. The minimum atomic E-state index is -0.146. The van der Waals surface area contributed by atoms with E-state index in [2.05, 4.69) is 25.4 Å². The molecule has 0 aliphatic carbocycles. The maximum atomic E-state index is 12.1. The van der Waals surface area contributed by atoms with E-state index in [0.29, 0.717) is 23.3 Å². The number of rotatable bonds is 6. The lowest BCUT2D eigenvalue weighted by molar-refractivity contribution is -0.116. The van der Waals surface area contributed by atoms with Crippen LogP contribution in [0.15, 0.2) is 51.3 Å². The number of hydrogen-bond acceptors (Lipinski definition) is 8. The van der Waals surface area contributed by atoms with E-state index in [1.54, 1.807) is 23.7 Å². The molecular weight excluding hydrogens is 370 g/mol. The number of hydrogen-bond donors (Lipinski definition) is 1. The highest BCUT2D eigenvalue weighted by molar-refractivity contribution is 7.14. The van der Waals surface area contributed by atoms with Crippen LogP contribution in [-0.2, 0) is 11.2 Å². The lowest BCUT2D eigenvalue weighted by Gasteiger charge is -1.99. The van der Waals surface area contributed by atoms with E-state index in [0.717, 1.165) is 16.8 Å². The summed E-state index contributed by atoms with van der Waals surface area (Å²) >= 11 is 2.94. The first-order valence-corrected chi connectivity index (χ1v) is 9.61. The molecule has 0 aliphatic heterocycles. The zero-order valence-corrected chi connectivity index (χ0v) is 15.1. The fraction of sp³-hybridized carbons (Fsp3) is 0.118. The SMILES string of the molecule is O=C(CCc1nc(-c2ccsc2)no1)Nc1nc(-c2cccnc2)cs1. The average Bonchev–Trinajstić information content (AvgIpc) is 3.41. The van der Waals surface area contributed by atoms with Gasteiger partial charge in [-0.2, -0.15) is 16.3 Å². The molecule has 0 fully saturated rings. The maximum Gasteiger partial charge on any atom is 0.227 e. The Morgan fingerprint density at radius 1 is 1.19 bits per heavy atom. The second-order valence-corrected chi connectivity index (χ2v) is 6.99. The summed E-state index contributed by atoms with van der Waals surface area (Å²) in [7, 11) is 0. The summed E-state index contributed by atoms with van der Waals surface area (Å²) in [5.41, 5.74) is 2.62. The molecule has 0 aliphatic rings. The fourth-order valence-corrected chi connectivity index (χ4v) is 3.62. The predicted molar refractivity (Wildman–Crippen MR) is 99.9 cm³/mol. The number of pyridine rings is 1. The van der Waals surface area contributed by atoms with Crippen LogP contribution in [-0.4, -0.2) is 26.0 Å². The first-order chi connectivity index (χ1) is 12.8. The molecule has 1 amide bonds. The highest BCUT2D eigenvalue weighted by Crippen LogP contribution is 2.24. The van der Waals surface area contributed by atoms with Crippen molar-refractivity contribution in [2.24, 2.45) is 0 Å². The third kappa shape index (κ3) is 3.84. The van der Waals surface area contributed by atoms with Crippen LogP contribution in [0, 0.1) is 0 Å². The van der Waals surface area contributed by atoms with E-state index >= 15 is 0 Å². The maximum absolute atomic E-state index is 12.1. The van der Waals surface area contributed by atoms with Crippen LogP contribution in [0.5, 0.6) is 0 Å². The van der Waals surface area contributed by atoms with E-state index in [1.807, 2.05) is 34.3 Å². The van der Waals surface area contributed by atoms with Gasteiger partial charge in [0.25, 0.3) is 0 Å². The standard InChI is InChI=1S/C17H13N5O2S2/c23-14(3-4-15-21-16(22-24-15)12-5-7-25-9-12)20-17-19-13(10-26-17)11-2-1-6-18-8-11/h1-2,5-10H,3-4H2,(H,19,20,23). The van der Waals surface area contributed by atoms with Crippen molar-refractivity contribution in [2.75, 3.05) is 5.32 Å². The van der Waals surface area contributed by atoms with E-state index in [9.17, 15) is 4.79 Å².